The summed E-state index contributed by atoms with van der Waals surface area (Å²) in [7, 11) is 0. The van der Waals surface area contributed by atoms with Gasteiger partial charge in [-0.15, -0.1) is 11.3 Å². The van der Waals surface area contributed by atoms with E-state index in [0.717, 1.165) is 9.35 Å². The smallest absolute Gasteiger partial charge is 0.274 e. The lowest BCUT2D eigenvalue weighted by Crippen LogP contribution is -2.17. The summed E-state index contributed by atoms with van der Waals surface area (Å²) in [5.41, 5.74) is 2.94. The van der Waals surface area contributed by atoms with Gasteiger partial charge in [-0.05, 0) is 35.0 Å². The van der Waals surface area contributed by atoms with Gasteiger partial charge in [-0.25, -0.2) is 5.43 Å². The van der Waals surface area contributed by atoms with Gasteiger partial charge in [0, 0.05) is 14.7 Å². The highest BCUT2D eigenvalue weighted by molar-refractivity contribution is 9.10. The number of thiophene rings is 1. The SMILES string of the molecule is Cc1occc1C(=O)N/N=C\c1cc(Br)cs1. The number of carbonyl (C=O) groups is 1. The zero-order valence-electron chi connectivity index (χ0n) is 8.94. The van der Waals surface area contributed by atoms with Crippen LogP contribution in [-0.2, 0) is 0 Å². The largest absolute Gasteiger partial charge is 0.469 e. The van der Waals surface area contributed by atoms with Crippen molar-refractivity contribution in [1.82, 2.24) is 5.43 Å². The molecule has 17 heavy (non-hydrogen) atoms. The molecule has 0 atom stereocenters. The standard InChI is InChI=1S/C11H9BrN2O2S/c1-7-10(2-3-16-7)11(15)14-13-5-9-4-8(12)6-17-9/h2-6H,1H3,(H,14,15)/b13-5-. The molecular weight excluding hydrogens is 304 g/mol. The minimum absolute atomic E-state index is 0.275. The lowest BCUT2D eigenvalue weighted by atomic mass is 10.2. The molecule has 2 aromatic rings. The number of amides is 1. The van der Waals surface area contributed by atoms with Crippen LogP contribution in [0.1, 0.15) is 21.0 Å². The van der Waals surface area contributed by atoms with E-state index in [1.807, 2.05) is 11.4 Å². The lowest BCUT2D eigenvalue weighted by molar-refractivity contribution is 0.0953. The van der Waals surface area contributed by atoms with Gasteiger partial charge in [0.15, 0.2) is 0 Å². The average molecular weight is 313 g/mol. The molecule has 6 heteroatoms. The summed E-state index contributed by atoms with van der Waals surface area (Å²) >= 11 is 4.88. The molecular formula is C11H9BrN2O2S. The molecule has 0 aromatic carbocycles. The van der Waals surface area contributed by atoms with Gasteiger partial charge in [0.05, 0.1) is 18.0 Å². The zero-order valence-corrected chi connectivity index (χ0v) is 11.3. The number of halogens is 1. The topological polar surface area (TPSA) is 54.6 Å². The molecule has 0 aliphatic rings. The molecule has 0 aliphatic carbocycles. The molecule has 2 rings (SSSR count). The third-order valence-electron chi connectivity index (χ3n) is 2.05. The summed E-state index contributed by atoms with van der Waals surface area (Å²) in [6.07, 6.45) is 3.08. The van der Waals surface area contributed by atoms with Crippen LogP contribution < -0.4 is 5.43 Å². The first-order valence-electron chi connectivity index (χ1n) is 4.78. The maximum Gasteiger partial charge on any atom is 0.274 e. The number of furan rings is 1. The number of hydrogen-bond donors (Lipinski definition) is 1. The Kier molecular flexibility index (Phi) is 3.75. The van der Waals surface area contributed by atoms with Crippen molar-refractivity contribution in [2.75, 3.05) is 0 Å². The third-order valence-corrected chi connectivity index (χ3v) is 3.68. The van der Waals surface area contributed by atoms with Crippen LogP contribution in [0.2, 0.25) is 0 Å². The number of hydrogen-bond acceptors (Lipinski definition) is 4. The van der Waals surface area contributed by atoms with Crippen molar-refractivity contribution in [1.29, 1.82) is 0 Å². The third kappa shape index (κ3) is 3.04. The molecule has 0 fully saturated rings. The molecule has 4 nitrogen and oxygen atoms in total. The molecule has 2 heterocycles. The summed E-state index contributed by atoms with van der Waals surface area (Å²) in [5.74, 6) is 0.305. The lowest BCUT2D eigenvalue weighted by Gasteiger charge is -1.96. The van der Waals surface area contributed by atoms with Crippen LogP contribution in [0, 0.1) is 6.92 Å². The van der Waals surface area contributed by atoms with Crippen molar-refractivity contribution in [2.24, 2.45) is 5.10 Å². The minimum atomic E-state index is -0.275. The summed E-state index contributed by atoms with van der Waals surface area (Å²) < 4.78 is 6.04. The monoisotopic (exact) mass is 312 g/mol. The Hall–Kier alpha value is -1.40. The second-order valence-electron chi connectivity index (χ2n) is 3.26. The van der Waals surface area contributed by atoms with E-state index in [1.165, 1.54) is 17.6 Å². The maximum absolute atomic E-state index is 11.6. The normalized spacial score (nSPS) is 10.9. The van der Waals surface area contributed by atoms with E-state index in [0.29, 0.717) is 11.3 Å². The fourth-order valence-corrected chi connectivity index (χ4v) is 2.54. The van der Waals surface area contributed by atoms with E-state index in [-0.39, 0.29) is 5.91 Å². The molecule has 0 radical (unpaired) electrons. The van der Waals surface area contributed by atoms with Crippen LogP contribution in [0.5, 0.6) is 0 Å². The average Bonchev–Trinajstić information content (AvgIpc) is 2.87. The second-order valence-corrected chi connectivity index (χ2v) is 5.12. The number of hydrazone groups is 1. The Morgan fingerprint density at radius 2 is 2.47 bits per heavy atom. The van der Waals surface area contributed by atoms with E-state index in [9.17, 15) is 4.79 Å². The molecule has 0 unspecified atom stereocenters. The van der Waals surface area contributed by atoms with Crippen LogP contribution in [0.15, 0.2) is 37.8 Å². The highest BCUT2D eigenvalue weighted by Gasteiger charge is 2.09. The Labute approximate surface area is 110 Å². The van der Waals surface area contributed by atoms with Crippen molar-refractivity contribution in [3.8, 4) is 0 Å². The van der Waals surface area contributed by atoms with E-state index in [4.69, 9.17) is 4.42 Å². The Morgan fingerprint density at radius 1 is 1.65 bits per heavy atom. The fraction of sp³-hybridized carbons (Fsp3) is 0.0909. The Morgan fingerprint density at radius 3 is 3.06 bits per heavy atom. The molecule has 0 spiro atoms. The fourth-order valence-electron chi connectivity index (χ4n) is 1.23. The molecule has 0 aliphatic heterocycles. The van der Waals surface area contributed by atoms with Gasteiger partial charge < -0.3 is 4.42 Å². The molecule has 88 valence electrons. The van der Waals surface area contributed by atoms with Crippen molar-refractivity contribution < 1.29 is 9.21 Å². The zero-order chi connectivity index (χ0) is 12.3. The van der Waals surface area contributed by atoms with E-state index in [2.05, 4.69) is 26.5 Å². The van der Waals surface area contributed by atoms with Gasteiger partial charge in [-0.1, -0.05) is 0 Å². The van der Waals surface area contributed by atoms with Gasteiger partial charge in [0.2, 0.25) is 0 Å². The number of aryl methyl sites for hydroxylation is 1. The van der Waals surface area contributed by atoms with E-state index >= 15 is 0 Å². The van der Waals surface area contributed by atoms with Gasteiger partial charge in [-0.3, -0.25) is 4.79 Å². The van der Waals surface area contributed by atoms with Crippen molar-refractivity contribution >= 4 is 39.4 Å². The van der Waals surface area contributed by atoms with Crippen LogP contribution >= 0.6 is 27.3 Å². The quantitative estimate of drug-likeness (QED) is 0.699. The number of carbonyl (C=O) groups excluding carboxylic acids is 1. The number of rotatable bonds is 3. The first-order chi connectivity index (χ1) is 8.16. The van der Waals surface area contributed by atoms with Gasteiger partial charge >= 0.3 is 0 Å². The highest BCUT2D eigenvalue weighted by atomic mass is 79.9. The van der Waals surface area contributed by atoms with E-state index in [1.54, 1.807) is 19.2 Å². The van der Waals surface area contributed by atoms with Gasteiger partial charge in [0.1, 0.15) is 5.76 Å². The van der Waals surface area contributed by atoms with Crippen LogP contribution in [0.25, 0.3) is 0 Å². The number of nitrogens with zero attached hydrogens (tertiary/aromatic N) is 1. The Bertz CT molecular complexity index is 559. The summed E-state index contributed by atoms with van der Waals surface area (Å²) in [6.45, 7) is 1.73. The molecule has 0 saturated carbocycles. The Balaban J connectivity index is 1.97. The predicted octanol–water partition coefficient (Wildman–Crippen LogP) is 3.18. The number of nitrogens with one attached hydrogen (secondary N) is 1. The highest BCUT2D eigenvalue weighted by Crippen LogP contribution is 2.17. The molecule has 1 N–H and O–H groups in total. The molecule has 0 saturated heterocycles. The van der Waals surface area contributed by atoms with Crippen molar-refractivity contribution in [2.45, 2.75) is 6.92 Å². The van der Waals surface area contributed by atoms with Crippen LogP contribution in [0.3, 0.4) is 0 Å². The predicted molar refractivity (Wildman–Crippen MR) is 70.5 cm³/mol. The first-order valence-corrected chi connectivity index (χ1v) is 6.45. The summed E-state index contributed by atoms with van der Waals surface area (Å²) in [4.78, 5) is 12.6. The second kappa shape index (κ2) is 5.29. The molecule has 1 amide bonds. The molecule has 0 bridgehead atoms. The van der Waals surface area contributed by atoms with Gasteiger partial charge in [0.25, 0.3) is 5.91 Å². The summed E-state index contributed by atoms with van der Waals surface area (Å²) in [5, 5.41) is 5.82. The first kappa shape index (κ1) is 12.1. The van der Waals surface area contributed by atoms with Gasteiger partial charge in [-0.2, -0.15) is 5.10 Å². The van der Waals surface area contributed by atoms with Crippen LogP contribution in [-0.4, -0.2) is 12.1 Å². The van der Waals surface area contributed by atoms with Crippen LogP contribution in [0.4, 0.5) is 0 Å². The minimum Gasteiger partial charge on any atom is -0.469 e. The van der Waals surface area contributed by atoms with E-state index < -0.39 is 0 Å². The maximum atomic E-state index is 11.6. The van der Waals surface area contributed by atoms with Crippen molar-refractivity contribution in [3.05, 3.63) is 44.4 Å². The molecule has 2 aromatic heterocycles. The van der Waals surface area contributed by atoms with Crippen molar-refractivity contribution in [3.63, 3.8) is 0 Å². The summed E-state index contributed by atoms with van der Waals surface area (Å²) in [6, 6.07) is 3.53.